The van der Waals surface area contributed by atoms with Crippen molar-refractivity contribution in [1.82, 2.24) is 9.97 Å². The second kappa shape index (κ2) is 3.31. The van der Waals surface area contributed by atoms with Crippen molar-refractivity contribution in [1.29, 1.82) is 0 Å². The Balaban J connectivity index is 2.50. The number of hydrogen-bond donors (Lipinski definition) is 1. The van der Waals surface area contributed by atoms with Gasteiger partial charge in [-0.3, -0.25) is 0 Å². The highest BCUT2D eigenvalue weighted by Crippen LogP contribution is 2.26. The molecule has 0 saturated heterocycles. The second-order valence-corrected chi connectivity index (χ2v) is 3.97. The second-order valence-electron chi connectivity index (χ2n) is 3.97. The Morgan fingerprint density at radius 3 is 2.82 bits per heavy atom. The lowest BCUT2D eigenvalue weighted by molar-refractivity contribution is -0.255. The van der Waals surface area contributed by atoms with E-state index in [-0.39, 0.29) is 5.69 Å². The van der Waals surface area contributed by atoms with Gasteiger partial charge in [0.1, 0.15) is 0 Å². The fourth-order valence-corrected chi connectivity index (χ4v) is 2.11. The average molecular weight is 225 g/mol. The summed E-state index contributed by atoms with van der Waals surface area (Å²) in [4.78, 5) is 18.1. The van der Waals surface area contributed by atoms with E-state index in [0.29, 0.717) is 5.69 Å². The van der Waals surface area contributed by atoms with Gasteiger partial charge in [-0.25, -0.2) is 4.98 Å². The summed E-state index contributed by atoms with van der Waals surface area (Å²) in [5.74, 6) is -1.25. The van der Waals surface area contributed by atoms with Gasteiger partial charge in [0.05, 0.1) is 22.9 Å². The van der Waals surface area contributed by atoms with E-state index in [2.05, 4.69) is 9.97 Å². The highest BCUT2D eigenvalue weighted by molar-refractivity contribution is 6.09. The van der Waals surface area contributed by atoms with E-state index in [1.54, 1.807) is 13.0 Å². The number of benzene rings is 1. The Kier molecular flexibility index (Phi) is 1.92. The summed E-state index contributed by atoms with van der Waals surface area (Å²) in [6, 6.07) is 9.31. The summed E-state index contributed by atoms with van der Waals surface area (Å²) in [6.45, 7) is 1.78. The number of hydrogen-bond acceptors (Lipinski definition) is 3. The van der Waals surface area contributed by atoms with E-state index in [1.807, 2.05) is 24.3 Å². The summed E-state index contributed by atoms with van der Waals surface area (Å²) in [5.41, 5.74) is 2.48. The lowest BCUT2D eigenvalue weighted by Crippen LogP contribution is -2.23. The lowest BCUT2D eigenvalue weighted by Gasteiger charge is -2.03. The van der Waals surface area contributed by atoms with Gasteiger partial charge in [-0.2, -0.15) is 0 Å². The van der Waals surface area contributed by atoms with Gasteiger partial charge in [0.25, 0.3) is 0 Å². The standard InChI is InChI=1S/C13H10N2O2/c1-7-12-9(6-11(14-7)13(16)17)8-4-2-3-5-10(8)15-12/h2-6,15H,1H3,(H,16,17)/p-1. The van der Waals surface area contributed by atoms with Gasteiger partial charge in [-0.05, 0) is 19.1 Å². The highest BCUT2D eigenvalue weighted by atomic mass is 16.4. The van der Waals surface area contributed by atoms with Crippen molar-refractivity contribution in [2.75, 3.05) is 0 Å². The first-order chi connectivity index (χ1) is 8.16. The number of fused-ring (bicyclic) bond motifs is 3. The zero-order chi connectivity index (χ0) is 12.0. The Morgan fingerprint density at radius 1 is 1.29 bits per heavy atom. The molecule has 1 N–H and O–H groups in total. The molecule has 1 aromatic carbocycles. The van der Waals surface area contributed by atoms with Crippen LogP contribution >= 0.6 is 0 Å². The average Bonchev–Trinajstić information content (AvgIpc) is 2.68. The van der Waals surface area contributed by atoms with Crippen molar-refractivity contribution < 1.29 is 9.90 Å². The fraction of sp³-hybridized carbons (Fsp3) is 0.0769. The molecule has 3 aromatic rings. The number of carbonyl (C=O) groups is 1. The molecule has 0 saturated carbocycles. The van der Waals surface area contributed by atoms with Crippen LogP contribution in [0, 0.1) is 6.92 Å². The normalized spacial score (nSPS) is 11.1. The van der Waals surface area contributed by atoms with Crippen LogP contribution in [0.2, 0.25) is 0 Å². The number of carboxylic acid groups (broad SMARTS) is 1. The van der Waals surface area contributed by atoms with Crippen LogP contribution in [-0.4, -0.2) is 15.9 Å². The number of H-pyrrole nitrogens is 1. The van der Waals surface area contributed by atoms with Crippen LogP contribution in [0.15, 0.2) is 30.3 Å². The number of aromatic nitrogens is 2. The van der Waals surface area contributed by atoms with Gasteiger partial charge in [-0.15, -0.1) is 0 Å². The van der Waals surface area contributed by atoms with E-state index >= 15 is 0 Å². The molecule has 84 valence electrons. The van der Waals surface area contributed by atoms with Crippen molar-refractivity contribution >= 4 is 27.8 Å². The lowest BCUT2D eigenvalue weighted by atomic mass is 10.1. The van der Waals surface area contributed by atoms with E-state index in [1.165, 1.54) is 0 Å². The maximum atomic E-state index is 10.9. The molecule has 0 fully saturated rings. The van der Waals surface area contributed by atoms with Crippen molar-refractivity contribution in [2.45, 2.75) is 6.92 Å². The van der Waals surface area contributed by atoms with E-state index in [4.69, 9.17) is 0 Å². The molecule has 0 aliphatic rings. The third kappa shape index (κ3) is 1.38. The van der Waals surface area contributed by atoms with E-state index in [9.17, 15) is 9.90 Å². The molecule has 0 aliphatic carbocycles. The monoisotopic (exact) mass is 225 g/mol. The molecule has 0 bridgehead atoms. The number of aromatic amines is 1. The van der Waals surface area contributed by atoms with Gasteiger partial charge in [-0.1, -0.05) is 18.2 Å². The topological polar surface area (TPSA) is 68.8 Å². The summed E-state index contributed by atoms with van der Waals surface area (Å²) >= 11 is 0. The van der Waals surface area contributed by atoms with Crippen LogP contribution in [0.3, 0.4) is 0 Å². The highest BCUT2D eigenvalue weighted by Gasteiger charge is 2.09. The van der Waals surface area contributed by atoms with E-state index < -0.39 is 5.97 Å². The van der Waals surface area contributed by atoms with Gasteiger partial charge in [0, 0.05) is 16.3 Å². The van der Waals surface area contributed by atoms with Crippen LogP contribution in [0.1, 0.15) is 16.2 Å². The van der Waals surface area contributed by atoms with Gasteiger partial charge >= 0.3 is 0 Å². The predicted octanol–water partition coefficient (Wildman–Crippen LogP) is 1.39. The first-order valence-corrected chi connectivity index (χ1v) is 5.26. The van der Waals surface area contributed by atoms with Crippen molar-refractivity contribution in [2.24, 2.45) is 0 Å². The Hall–Kier alpha value is -2.36. The van der Waals surface area contributed by atoms with Crippen LogP contribution < -0.4 is 5.11 Å². The minimum Gasteiger partial charge on any atom is -0.543 e. The number of para-hydroxylation sites is 1. The van der Waals surface area contributed by atoms with Crippen molar-refractivity contribution in [3.8, 4) is 0 Å². The molecule has 17 heavy (non-hydrogen) atoms. The summed E-state index contributed by atoms with van der Waals surface area (Å²) in [7, 11) is 0. The molecule has 3 rings (SSSR count). The number of aromatic carboxylic acids is 1. The molecule has 0 radical (unpaired) electrons. The minimum absolute atomic E-state index is 0.0280. The fourth-order valence-electron chi connectivity index (χ4n) is 2.11. The summed E-state index contributed by atoms with van der Waals surface area (Å²) in [5, 5.41) is 12.7. The summed E-state index contributed by atoms with van der Waals surface area (Å²) < 4.78 is 0. The molecule has 0 spiro atoms. The molecule has 4 nitrogen and oxygen atoms in total. The Labute approximate surface area is 96.9 Å². The number of nitrogens with zero attached hydrogens (tertiary/aromatic N) is 1. The zero-order valence-corrected chi connectivity index (χ0v) is 9.15. The van der Waals surface area contributed by atoms with E-state index in [0.717, 1.165) is 21.8 Å². The van der Waals surface area contributed by atoms with Crippen molar-refractivity contribution in [3.05, 3.63) is 41.7 Å². The maximum Gasteiger partial charge on any atom is 0.0900 e. The first-order valence-electron chi connectivity index (χ1n) is 5.26. The Bertz CT molecular complexity index is 744. The molecule has 0 aliphatic heterocycles. The molecular formula is C13H9N2O2-. The largest absolute Gasteiger partial charge is 0.543 e. The van der Waals surface area contributed by atoms with Crippen molar-refractivity contribution in [3.63, 3.8) is 0 Å². The van der Waals surface area contributed by atoms with Gasteiger partial charge < -0.3 is 14.9 Å². The van der Waals surface area contributed by atoms with Gasteiger partial charge in [0.2, 0.25) is 0 Å². The number of pyridine rings is 1. The minimum atomic E-state index is -1.25. The maximum absolute atomic E-state index is 10.9. The number of rotatable bonds is 1. The van der Waals surface area contributed by atoms with Gasteiger partial charge in [0.15, 0.2) is 0 Å². The quantitative estimate of drug-likeness (QED) is 0.680. The summed E-state index contributed by atoms with van der Waals surface area (Å²) in [6.07, 6.45) is 0. The molecule has 0 unspecified atom stereocenters. The molecule has 0 amide bonds. The zero-order valence-electron chi connectivity index (χ0n) is 9.15. The molecular weight excluding hydrogens is 216 g/mol. The smallest absolute Gasteiger partial charge is 0.0900 e. The number of nitrogens with one attached hydrogen (secondary N) is 1. The van der Waals surface area contributed by atoms with Crippen LogP contribution in [0.5, 0.6) is 0 Å². The SMILES string of the molecule is Cc1nc(C(=O)[O-])cc2c1[nH]c1ccccc12. The van der Waals surface area contributed by atoms with Crippen LogP contribution in [0.25, 0.3) is 21.8 Å². The van der Waals surface area contributed by atoms with Crippen LogP contribution in [-0.2, 0) is 0 Å². The molecule has 0 atom stereocenters. The number of carbonyl (C=O) groups excluding carboxylic acids is 1. The molecule has 4 heteroatoms. The molecule has 2 heterocycles. The van der Waals surface area contributed by atoms with Crippen LogP contribution in [0.4, 0.5) is 0 Å². The first kappa shape index (κ1) is 9.84. The predicted molar refractivity (Wildman–Crippen MR) is 62.7 cm³/mol. The Morgan fingerprint density at radius 2 is 2.06 bits per heavy atom. The number of aryl methyl sites for hydroxylation is 1. The number of carboxylic acids is 1. The third-order valence-corrected chi connectivity index (χ3v) is 2.89. The molecule has 2 aromatic heterocycles. The third-order valence-electron chi connectivity index (χ3n) is 2.89.